The highest BCUT2D eigenvalue weighted by Gasteiger charge is 2.44. The average molecular weight is 445 g/mol. The standard InChI is InChI=1S/C25H32O7/c1-14-2-5-16(25-24(30)23(29)22(28)21(13-26)32-25)11-17(14)10-15-3-7-19(8-4-15)31-20-9-6-18(27)12-20/h2-5,7-8,11,18,20-30H,6,9-10,12-13H2,1H3/t18?,20?,21-,22-,23?,24-,25+/m1/s1. The van der Waals surface area contributed by atoms with Crippen LogP contribution in [0.5, 0.6) is 5.75 Å². The van der Waals surface area contributed by atoms with E-state index < -0.39 is 37.1 Å². The van der Waals surface area contributed by atoms with Crippen LogP contribution in [0.3, 0.4) is 0 Å². The summed E-state index contributed by atoms with van der Waals surface area (Å²) >= 11 is 0. The Morgan fingerprint density at radius 3 is 2.34 bits per heavy atom. The number of benzene rings is 2. The van der Waals surface area contributed by atoms with E-state index in [0.717, 1.165) is 35.3 Å². The van der Waals surface area contributed by atoms with Crippen LogP contribution < -0.4 is 4.74 Å². The third-order valence-corrected chi connectivity index (χ3v) is 6.57. The summed E-state index contributed by atoms with van der Waals surface area (Å²) in [5.74, 6) is 0.791. The Labute approximate surface area is 187 Å². The molecule has 0 aromatic heterocycles. The van der Waals surface area contributed by atoms with Crippen molar-refractivity contribution in [2.45, 2.75) is 75.3 Å². The van der Waals surface area contributed by atoms with Gasteiger partial charge in [-0.2, -0.15) is 0 Å². The number of aliphatic hydroxyl groups is 5. The summed E-state index contributed by atoms with van der Waals surface area (Å²) in [6.45, 7) is 1.56. The van der Waals surface area contributed by atoms with Crippen molar-refractivity contribution in [3.63, 3.8) is 0 Å². The van der Waals surface area contributed by atoms with Gasteiger partial charge in [-0.1, -0.05) is 30.3 Å². The molecule has 3 unspecified atom stereocenters. The molecule has 7 atom stereocenters. The predicted octanol–water partition coefficient (Wildman–Crippen LogP) is 1.39. The van der Waals surface area contributed by atoms with Crippen molar-refractivity contribution in [3.8, 4) is 5.75 Å². The van der Waals surface area contributed by atoms with Gasteiger partial charge in [-0.05, 0) is 60.6 Å². The number of aliphatic hydroxyl groups excluding tert-OH is 5. The summed E-state index contributed by atoms with van der Waals surface area (Å²) in [5, 5.41) is 49.7. The Kier molecular flexibility index (Phi) is 7.14. The molecule has 0 spiro atoms. The topological polar surface area (TPSA) is 120 Å². The van der Waals surface area contributed by atoms with Crippen LogP contribution in [0.4, 0.5) is 0 Å². The van der Waals surface area contributed by atoms with Crippen molar-refractivity contribution in [1.82, 2.24) is 0 Å². The molecule has 1 heterocycles. The lowest BCUT2D eigenvalue weighted by molar-refractivity contribution is -0.231. The quantitative estimate of drug-likeness (QED) is 0.457. The van der Waals surface area contributed by atoms with Gasteiger partial charge < -0.3 is 35.0 Å². The molecule has 32 heavy (non-hydrogen) atoms. The molecule has 2 aromatic rings. The number of aryl methyl sites for hydroxylation is 1. The molecule has 2 aliphatic rings. The van der Waals surface area contributed by atoms with Crippen LogP contribution >= 0.6 is 0 Å². The Bertz CT molecular complexity index is 898. The largest absolute Gasteiger partial charge is 0.490 e. The molecule has 2 fully saturated rings. The van der Waals surface area contributed by atoms with E-state index in [2.05, 4.69) is 0 Å². The van der Waals surface area contributed by atoms with Crippen molar-refractivity contribution in [1.29, 1.82) is 0 Å². The lowest BCUT2D eigenvalue weighted by Crippen LogP contribution is -2.55. The van der Waals surface area contributed by atoms with Gasteiger partial charge >= 0.3 is 0 Å². The van der Waals surface area contributed by atoms with Gasteiger partial charge in [0.2, 0.25) is 0 Å². The van der Waals surface area contributed by atoms with Gasteiger partial charge in [0.15, 0.2) is 0 Å². The molecule has 4 rings (SSSR count). The highest BCUT2D eigenvalue weighted by atomic mass is 16.5. The maximum absolute atomic E-state index is 10.4. The zero-order chi connectivity index (χ0) is 22.8. The van der Waals surface area contributed by atoms with Crippen molar-refractivity contribution >= 4 is 0 Å². The highest BCUT2D eigenvalue weighted by molar-refractivity contribution is 5.38. The van der Waals surface area contributed by atoms with Gasteiger partial charge in [-0.25, -0.2) is 0 Å². The zero-order valence-electron chi connectivity index (χ0n) is 18.2. The van der Waals surface area contributed by atoms with Crippen LogP contribution in [0, 0.1) is 6.92 Å². The maximum atomic E-state index is 10.4. The van der Waals surface area contributed by atoms with E-state index in [4.69, 9.17) is 9.47 Å². The molecular weight excluding hydrogens is 412 g/mol. The van der Waals surface area contributed by atoms with Crippen LogP contribution in [0.15, 0.2) is 42.5 Å². The van der Waals surface area contributed by atoms with Crippen LogP contribution in [0.25, 0.3) is 0 Å². The zero-order valence-corrected chi connectivity index (χ0v) is 18.2. The molecule has 7 heteroatoms. The molecule has 0 radical (unpaired) electrons. The second kappa shape index (κ2) is 9.87. The molecule has 0 bridgehead atoms. The molecule has 5 N–H and O–H groups in total. The Balaban J connectivity index is 1.47. The second-order valence-corrected chi connectivity index (χ2v) is 8.96. The van der Waals surface area contributed by atoms with Gasteiger partial charge in [0, 0.05) is 6.42 Å². The normalized spacial score (nSPS) is 32.8. The molecule has 7 nitrogen and oxygen atoms in total. The fourth-order valence-electron chi connectivity index (χ4n) is 4.56. The van der Waals surface area contributed by atoms with E-state index in [1.165, 1.54) is 0 Å². The van der Waals surface area contributed by atoms with E-state index in [1.807, 2.05) is 49.4 Å². The minimum atomic E-state index is -1.40. The van der Waals surface area contributed by atoms with E-state index >= 15 is 0 Å². The first-order chi connectivity index (χ1) is 15.4. The summed E-state index contributed by atoms with van der Waals surface area (Å²) in [6.07, 6.45) is -3.06. The second-order valence-electron chi connectivity index (χ2n) is 8.96. The summed E-state index contributed by atoms with van der Waals surface area (Å²) in [7, 11) is 0. The fourth-order valence-corrected chi connectivity index (χ4v) is 4.56. The number of ether oxygens (including phenoxy) is 2. The lowest BCUT2D eigenvalue weighted by atomic mass is 9.89. The Hall–Kier alpha value is -2.00. The van der Waals surface area contributed by atoms with Crippen molar-refractivity contribution in [2.75, 3.05) is 6.61 Å². The Morgan fingerprint density at radius 2 is 1.69 bits per heavy atom. The van der Waals surface area contributed by atoms with Gasteiger partial charge in [-0.15, -0.1) is 0 Å². The maximum Gasteiger partial charge on any atom is 0.119 e. The van der Waals surface area contributed by atoms with Crippen LogP contribution in [-0.2, 0) is 11.2 Å². The van der Waals surface area contributed by atoms with E-state index in [9.17, 15) is 25.5 Å². The molecular formula is C25H32O7. The highest BCUT2D eigenvalue weighted by Crippen LogP contribution is 2.33. The Morgan fingerprint density at radius 1 is 0.938 bits per heavy atom. The molecule has 2 aromatic carbocycles. The van der Waals surface area contributed by atoms with Gasteiger partial charge in [-0.3, -0.25) is 0 Å². The fraction of sp³-hybridized carbons (Fsp3) is 0.520. The van der Waals surface area contributed by atoms with Gasteiger partial charge in [0.25, 0.3) is 0 Å². The molecule has 1 aliphatic carbocycles. The van der Waals surface area contributed by atoms with E-state index in [0.29, 0.717) is 18.4 Å². The molecule has 1 aliphatic heterocycles. The number of rotatable bonds is 6. The number of hydrogen-bond donors (Lipinski definition) is 5. The summed E-state index contributed by atoms with van der Waals surface area (Å²) in [4.78, 5) is 0. The predicted molar refractivity (Wildman–Crippen MR) is 117 cm³/mol. The minimum Gasteiger partial charge on any atom is -0.490 e. The third-order valence-electron chi connectivity index (χ3n) is 6.57. The van der Waals surface area contributed by atoms with Crippen LogP contribution in [0.2, 0.25) is 0 Å². The first-order valence-corrected chi connectivity index (χ1v) is 11.2. The molecule has 1 saturated carbocycles. The van der Waals surface area contributed by atoms with Crippen molar-refractivity contribution < 1.29 is 35.0 Å². The monoisotopic (exact) mass is 444 g/mol. The first kappa shape index (κ1) is 23.2. The lowest BCUT2D eigenvalue weighted by Gasteiger charge is -2.40. The summed E-state index contributed by atoms with van der Waals surface area (Å²) in [6, 6.07) is 13.6. The summed E-state index contributed by atoms with van der Waals surface area (Å²) < 4.78 is 11.7. The molecule has 1 saturated heterocycles. The smallest absolute Gasteiger partial charge is 0.119 e. The number of hydrogen-bond acceptors (Lipinski definition) is 7. The van der Waals surface area contributed by atoms with Crippen LogP contribution in [0.1, 0.15) is 47.6 Å². The SMILES string of the molecule is Cc1ccc([C@@H]2O[C@H](CO)[C@@H](O)C(O)[C@H]2O)cc1Cc1ccc(OC2CCC(O)C2)cc1. The van der Waals surface area contributed by atoms with Gasteiger partial charge in [0.05, 0.1) is 12.7 Å². The van der Waals surface area contributed by atoms with Crippen molar-refractivity contribution in [3.05, 3.63) is 64.7 Å². The minimum absolute atomic E-state index is 0.0633. The van der Waals surface area contributed by atoms with E-state index in [-0.39, 0.29) is 12.2 Å². The van der Waals surface area contributed by atoms with Crippen molar-refractivity contribution in [2.24, 2.45) is 0 Å². The average Bonchev–Trinajstić information content (AvgIpc) is 3.20. The summed E-state index contributed by atoms with van der Waals surface area (Å²) in [5.41, 5.74) is 3.91. The van der Waals surface area contributed by atoms with E-state index in [1.54, 1.807) is 0 Å². The van der Waals surface area contributed by atoms with Gasteiger partial charge in [0.1, 0.15) is 42.4 Å². The first-order valence-electron chi connectivity index (χ1n) is 11.2. The molecule has 174 valence electrons. The molecule has 0 amide bonds. The third kappa shape index (κ3) is 4.98. The van der Waals surface area contributed by atoms with Crippen LogP contribution in [-0.4, -0.2) is 68.8 Å².